The summed E-state index contributed by atoms with van der Waals surface area (Å²) in [7, 11) is 0. The molecule has 3 aromatic rings. The van der Waals surface area contributed by atoms with Gasteiger partial charge in [-0.05, 0) is 55.3 Å². The molecule has 0 aliphatic carbocycles. The van der Waals surface area contributed by atoms with E-state index in [1.54, 1.807) is 24.5 Å². The van der Waals surface area contributed by atoms with Crippen LogP contribution in [0.4, 0.5) is 0 Å². The van der Waals surface area contributed by atoms with Gasteiger partial charge in [0, 0.05) is 22.9 Å². The Bertz CT molecular complexity index is 1080. The lowest BCUT2D eigenvalue weighted by molar-refractivity contribution is -0.141. The number of carbonyl (C=O) groups excluding carboxylic acids is 2. The second kappa shape index (κ2) is 7.99. The number of Topliss-reactive ketones (excluding diaryl/α,β-unsaturated/α-hetero) is 1. The highest BCUT2D eigenvalue weighted by Crippen LogP contribution is 2.30. The van der Waals surface area contributed by atoms with Gasteiger partial charge in [-0.3, -0.25) is 9.59 Å². The van der Waals surface area contributed by atoms with Gasteiger partial charge in [-0.15, -0.1) is 0 Å². The van der Waals surface area contributed by atoms with Crippen LogP contribution in [-0.2, 0) is 16.0 Å². The first-order chi connectivity index (χ1) is 14.0. The molecule has 6 heteroatoms. The second-order valence-corrected chi connectivity index (χ2v) is 7.17. The van der Waals surface area contributed by atoms with Crippen LogP contribution in [0.3, 0.4) is 0 Å². The molecule has 29 heavy (non-hydrogen) atoms. The summed E-state index contributed by atoms with van der Waals surface area (Å²) in [5.41, 5.74) is 4.15. The summed E-state index contributed by atoms with van der Waals surface area (Å²) in [5, 5.41) is 0.888. The molecule has 6 nitrogen and oxygen atoms in total. The number of ether oxygens (including phenoxy) is 3. The maximum atomic E-state index is 12.4. The lowest BCUT2D eigenvalue weighted by atomic mass is 10.0. The first kappa shape index (κ1) is 19.1. The van der Waals surface area contributed by atoms with Crippen molar-refractivity contribution in [3.8, 4) is 11.5 Å². The minimum Gasteiger partial charge on any atom is -0.490 e. The van der Waals surface area contributed by atoms with E-state index in [9.17, 15) is 9.59 Å². The van der Waals surface area contributed by atoms with E-state index >= 15 is 0 Å². The molecule has 0 spiro atoms. The highest BCUT2D eigenvalue weighted by molar-refractivity contribution is 5.98. The van der Waals surface area contributed by atoms with Crippen molar-refractivity contribution >= 4 is 22.7 Å². The number of aryl methyl sites for hydroxylation is 2. The van der Waals surface area contributed by atoms with Gasteiger partial charge in [0.1, 0.15) is 5.58 Å². The van der Waals surface area contributed by atoms with E-state index in [4.69, 9.17) is 18.6 Å². The topological polar surface area (TPSA) is 75.0 Å². The molecule has 0 fully saturated rings. The fourth-order valence-corrected chi connectivity index (χ4v) is 3.25. The first-order valence-electron chi connectivity index (χ1n) is 9.57. The summed E-state index contributed by atoms with van der Waals surface area (Å²) < 4.78 is 21.9. The number of carbonyl (C=O) groups is 2. The van der Waals surface area contributed by atoms with E-state index in [1.807, 2.05) is 26.0 Å². The summed E-state index contributed by atoms with van der Waals surface area (Å²) in [5.74, 6) is 0.384. The van der Waals surface area contributed by atoms with Crippen LogP contribution in [0.15, 0.2) is 41.0 Å². The van der Waals surface area contributed by atoms with Gasteiger partial charge in [-0.25, -0.2) is 0 Å². The van der Waals surface area contributed by atoms with Crippen LogP contribution in [0.1, 0.15) is 33.5 Å². The van der Waals surface area contributed by atoms with Crippen molar-refractivity contribution < 1.29 is 28.2 Å². The predicted octanol–water partition coefficient (Wildman–Crippen LogP) is 4.18. The summed E-state index contributed by atoms with van der Waals surface area (Å²) in [6.45, 7) is 4.82. The van der Waals surface area contributed by atoms with Gasteiger partial charge in [0.2, 0.25) is 0 Å². The molecule has 1 aliphatic rings. The third-order valence-electron chi connectivity index (χ3n) is 5.04. The Morgan fingerprint density at radius 2 is 1.76 bits per heavy atom. The van der Waals surface area contributed by atoms with Crippen molar-refractivity contribution in [1.29, 1.82) is 0 Å². The summed E-state index contributed by atoms with van der Waals surface area (Å²) in [6, 6.07) is 8.94. The van der Waals surface area contributed by atoms with E-state index < -0.39 is 5.97 Å². The van der Waals surface area contributed by atoms with E-state index in [1.165, 1.54) is 0 Å². The van der Waals surface area contributed by atoms with Crippen LogP contribution in [0.2, 0.25) is 0 Å². The van der Waals surface area contributed by atoms with Gasteiger partial charge in [0.25, 0.3) is 0 Å². The molecule has 0 saturated heterocycles. The van der Waals surface area contributed by atoms with Crippen molar-refractivity contribution in [3.63, 3.8) is 0 Å². The Hall–Kier alpha value is -3.28. The molecule has 2 heterocycles. The van der Waals surface area contributed by atoms with Crippen LogP contribution < -0.4 is 9.47 Å². The molecule has 1 aliphatic heterocycles. The van der Waals surface area contributed by atoms with Crippen molar-refractivity contribution in [1.82, 2.24) is 0 Å². The third kappa shape index (κ3) is 4.11. The standard InChI is InChI=1S/C23H22O6/c1-14-8-18-17(12-28-21(18)9-15(14)2)11-23(25)29-13-19(24)16-4-5-20-22(10-16)27-7-3-6-26-20/h4-5,8-10,12H,3,6-7,11,13H2,1-2H3. The number of hydrogen-bond donors (Lipinski definition) is 0. The number of esters is 1. The zero-order chi connectivity index (χ0) is 20.4. The maximum Gasteiger partial charge on any atom is 0.310 e. The number of furan rings is 1. The Labute approximate surface area is 168 Å². The van der Waals surface area contributed by atoms with Gasteiger partial charge >= 0.3 is 5.97 Å². The van der Waals surface area contributed by atoms with Crippen molar-refractivity contribution in [2.24, 2.45) is 0 Å². The lowest BCUT2D eigenvalue weighted by Gasteiger charge is -2.09. The van der Waals surface area contributed by atoms with Crippen LogP contribution in [0.25, 0.3) is 11.0 Å². The monoisotopic (exact) mass is 394 g/mol. The number of ketones is 1. The van der Waals surface area contributed by atoms with Crippen molar-refractivity contribution in [2.45, 2.75) is 26.7 Å². The fourth-order valence-electron chi connectivity index (χ4n) is 3.25. The second-order valence-electron chi connectivity index (χ2n) is 7.17. The molecule has 2 aromatic carbocycles. The largest absolute Gasteiger partial charge is 0.490 e. The van der Waals surface area contributed by atoms with Crippen LogP contribution in [-0.4, -0.2) is 31.6 Å². The van der Waals surface area contributed by atoms with Crippen molar-refractivity contribution in [3.05, 3.63) is 58.8 Å². The Kier molecular flexibility index (Phi) is 5.25. The molecule has 0 N–H and O–H groups in total. The zero-order valence-electron chi connectivity index (χ0n) is 16.4. The highest BCUT2D eigenvalue weighted by Gasteiger charge is 2.17. The van der Waals surface area contributed by atoms with E-state index in [0.717, 1.165) is 34.1 Å². The number of rotatable bonds is 5. The molecular formula is C23H22O6. The van der Waals surface area contributed by atoms with Crippen LogP contribution in [0.5, 0.6) is 11.5 Å². The van der Waals surface area contributed by atoms with E-state index in [2.05, 4.69) is 0 Å². The SMILES string of the molecule is Cc1cc2occ(CC(=O)OCC(=O)c3ccc4c(c3)OCCCO4)c2cc1C. The fraction of sp³-hybridized carbons (Fsp3) is 0.304. The predicted molar refractivity (Wildman–Crippen MR) is 107 cm³/mol. The van der Waals surface area contributed by atoms with Gasteiger partial charge in [0.15, 0.2) is 23.9 Å². The molecule has 0 amide bonds. The quantitative estimate of drug-likeness (QED) is 0.477. The maximum absolute atomic E-state index is 12.4. The summed E-state index contributed by atoms with van der Waals surface area (Å²) in [4.78, 5) is 24.7. The molecule has 4 rings (SSSR count). The van der Waals surface area contributed by atoms with Crippen LogP contribution >= 0.6 is 0 Å². The molecule has 150 valence electrons. The minimum atomic E-state index is -0.478. The normalized spacial score (nSPS) is 13.2. The van der Waals surface area contributed by atoms with Crippen molar-refractivity contribution in [2.75, 3.05) is 19.8 Å². The molecule has 0 saturated carbocycles. The van der Waals surface area contributed by atoms with Gasteiger partial charge < -0.3 is 18.6 Å². The molecule has 0 radical (unpaired) electrons. The molecule has 0 bridgehead atoms. The van der Waals surface area contributed by atoms with E-state index in [-0.39, 0.29) is 18.8 Å². The molecular weight excluding hydrogens is 372 g/mol. The lowest BCUT2D eigenvalue weighted by Crippen LogP contribution is -2.15. The Morgan fingerprint density at radius 3 is 2.59 bits per heavy atom. The number of hydrogen-bond acceptors (Lipinski definition) is 6. The number of fused-ring (bicyclic) bond motifs is 2. The summed E-state index contributed by atoms with van der Waals surface area (Å²) >= 11 is 0. The van der Waals surface area contributed by atoms with Gasteiger partial charge in [-0.2, -0.15) is 0 Å². The molecule has 1 aromatic heterocycles. The average molecular weight is 394 g/mol. The highest BCUT2D eigenvalue weighted by atomic mass is 16.5. The Morgan fingerprint density at radius 1 is 1.00 bits per heavy atom. The molecule has 0 unspecified atom stereocenters. The summed E-state index contributed by atoms with van der Waals surface area (Å²) in [6.07, 6.45) is 2.40. The van der Waals surface area contributed by atoms with E-state index in [0.29, 0.717) is 30.3 Å². The zero-order valence-corrected chi connectivity index (χ0v) is 16.4. The van der Waals surface area contributed by atoms with Gasteiger partial charge in [-0.1, -0.05) is 0 Å². The first-order valence-corrected chi connectivity index (χ1v) is 9.57. The minimum absolute atomic E-state index is 0.0456. The van der Waals surface area contributed by atoms with Crippen LogP contribution in [0, 0.1) is 13.8 Å². The average Bonchev–Trinajstić information content (AvgIpc) is 2.93. The Balaban J connectivity index is 1.39. The third-order valence-corrected chi connectivity index (χ3v) is 5.04. The van der Waals surface area contributed by atoms with Gasteiger partial charge in [0.05, 0.1) is 25.9 Å². The molecule has 0 atom stereocenters. The smallest absolute Gasteiger partial charge is 0.310 e. The number of benzene rings is 2.